The van der Waals surface area contributed by atoms with Crippen LogP contribution in [0.15, 0.2) is 52.3 Å². The standard InChI is InChI=1S/C15H16O2S/c1-11-4-7-14(8-5-11)18(16,17)15-9-6-12(2)10-13(15)3/h4-10H,1-3H3. The zero-order valence-corrected chi connectivity index (χ0v) is 11.6. The topological polar surface area (TPSA) is 34.1 Å². The summed E-state index contributed by atoms with van der Waals surface area (Å²) >= 11 is 0. The van der Waals surface area contributed by atoms with Crippen LogP contribution in [0.4, 0.5) is 0 Å². The highest BCUT2D eigenvalue weighted by atomic mass is 32.2. The Morgan fingerprint density at radius 2 is 1.33 bits per heavy atom. The Morgan fingerprint density at radius 3 is 1.89 bits per heavy atom. The van der Waals surface area contributed by atoms with Crippen LogP contribution in [0.3, 0.4) is 0 Å². The molecule has 0 fully saturated rings. The number of rotatable bonds is 2. The predicted molar refractivity (Wildman–Crippen MR) is 72.5 cm³/mol. The van der Waals surface area contributed by atoms with Crippen molar-refractivity contribution < 1.29 is 8.42 Å². The maximum Gasteiger partial charge on any atom is 0.206 e. The van der Waals surface area contributed by atoms with Gasteiger partial charge >= 0.3 is 0 Å². The van der Waals surface area contributed by atoms with Gasteiger partial charge in [-0.25, -0.2) is 8.42 Å². The number of hydrogen-bond acceptors (Lipinski definition) is 2. The van der Waals surface area contributed by atoms with Gasteiger partial charge in [0.25, 0.3) is 0 Å². The molecule has 3 heteroatoms. The maximum atomic E-state index is 12.5. The van der Waals surface area contributed by atoms with Crippen molar-refractivity contribution in [1.29, 1.82) is 0 Å². The fourth-order valence-electron chi connectivity index (χ4n) is 1.95. The van der Waals surface area contributed by atoms with E-state index in [2.05, 4.69) is 0 Å². The molecule has 2 nitrogen and oxygen atoms in total. The minimum atomic E-state index is -3.40. The lowest BCUT2D eigenvalue weighted by atomic mass is 10.2. The molecule has 0 radical (unpaired) electrons. The van der Waals surface area contributed by atoms with E-state index in [4.69, 9.17) is 0 Å². The van der Waals surface area contributed by atoms with Gasteiger partial charge in [0.1, 0.15) is 0 Å². The van der Waals surface area contributed by atoms with Gasteiger partial charge in [-0.05, 0) is 44.5 Å². The van der Waals surface area contributed by atoms with E-state index in [9.17, 15) is 8.42 Å². The van der Waals surface area contributed by atoms with E-state index in [0.29, 0.717) is 9.79 Å². The molecule has 0 saturated heterocycles. The van der Waals surface area contributed by atoms with Crippen LogP contribution < -0.4 is 0 Å². The lowest BCUT2D eigenvalue weighted by molar-refractivity contribution is 0.595. The van der Waals surface area contributed by atoms with Gasteiger partial charge in [-0.15, -0.1) is 0 Å². The Kier molecular flexibility index (Phi) is 3.26. The Balaban J connectivity index is 2.58. The third-order valence-corrected chi connectivity index (χ3v) is 4.88. The molecule has 0 aliphatic carbocycles. The van der Waals surface area contributed by atoms with E-state index in [1.54, 1.807) is 18.2 Å². The number of aryl methyl sites for hydroxylation is 3. The van der Waals surface area contributed by atoms with Crippen molar-refractivity contribution >= 4 is 9.84 Å². The van der Waals surface area contributed by atoms with E-state index >= 15 is 0 Å². The van der Waals surface area contributed by atoms with Crippen molar-refractivity contribution in [2.75, 3.05) is 0 Å². The van der Waals surface area contributed by atoms with Gasteiger partial charge in [0.2, 0.25) is 9.84 Å². The van der Waals surface area contributed by atoms with Crippen LogP contribution in [-0.4, -0.2) is 8.42 Å². The van der Waals surface area contributed by atoms with Crippen LogP contribution in [0.2, 0.25) is 0 Å². The molecule has 0 unspecified atom stereocenters. The predicted octanol–water partition coefficient (Wildman–Crippen LogP) is 3.44. The molecule has 0 bridgehead atoms. The molecule has 0 saturated carbocycles. The fraction of sp³-hybridized carbons (Fsp3) is 0.200. The number of sulfone groups is 1. The molecule has 2 rings (SSSR count). The molecule has 94 valence electrons. The van der Waals surface area contributed by atoms with Gasteiger partial charge < -0.3 is 0 Å². The Morgan fingerprint density at radius 1 is 0.778 bits per heavy atom. The second kappa shape index (κ2) is 4.58. The summed E-state index contributed by atoms with van der Waals surface area (Å²) in [6.07, 6.45) is 0. The molecule has 0 aliphatic heterocycles. The first-order valence-corrected chi connectivity index (χ1v) is 7.28. The largest absolute Gasteiger partial charge is 0.219 e. The quantitative estimate of drug-likeness (QED) is 0.829. The zero-order chi connectivity index (χ0) is 13.3. The summed E-state index contributed by atoms with van der Waals surface area (Å²) in [6, 6.07) is 12.3. The monoisotopic (exact) mass is 260 g/mol. The van der Waals surface area contributed by atoms with Crippen molar-refractivity contribution in [2.24, 2.45) is 0 Å². The van der Waals surface area contributed by atoms with Crippen molar-refractivity contribution in [2.45, 2.75) is 30.6 Å². The summed E-state index contributed by atoms with van der Waals surface area (Å²) in [5.41, 5.74) is 2.90. The van der Waals surface area contributed by atoms with Crippen molar-refractivity contribution in [3.8, 4) is 0 Å². The first-order valence-electron chi connectivity index (χ1n) is 5.80. The minimum Gasteiger partial charge on any atom is -0.219 e. The first-order chi connectivity index (χ1) is 8.41. The van der Waals surface area contributed by atoms with Gasteiger partial charge in [-0.2, -0.15) is 0 Å². The molecule has 0 N–H and O–H groups in total. The minimum absolute atomic E-state index is 0.347. The highest BCUT2D eigenvalue weighted by Crippen LogP contribution is 2.24. The van der Waals surface area contributed by atoms with Gasteiger partial charge in [0.15, 0.2) is 0 Å². The van der Waals surface area contributed by atoms with E-state index in [-0.39, 0.29) is 0 Å². The van der Waals surface area contributed by atoms with Gasteiger partial charge in [-0.3, -0.25) is 0 Å². The number of hydrogen-bond donors (Lipinski definition) is 0. The Hall–Kier alpha value is -1.61. The third-order valence-electron chi connectivity index (χ3n) is 2.95. The lowest BCUT2D eigenvalue weighted by Crippen LogP contribution is -2.04. The van der Waals surface area contributed by atoms with Crippen LogP contribution >= 0.6 is 0 Å². The molecular formula is C15H16O2S. The summed E-state index contributed by atoms with van der Waals surface area (Å²) in [5.74, 6) is 0. The highest BCUT2D eigenvalue weighted by Gasteiger charge is 2.19. The second-order valence-corrected chi connectivity index (χ2v) is 6.50. The van der Waals surface area contributed by atoms with Crippen LogP contribution in [0.5, 0.6) is 0 Å². The van der Waals surface area contributed by atoms with Gasteiger partial charge in [-0.1, -0.05) is 35.4 Å². The summed E-state index contributed by atoms with van der Waals surface area (Å²) in [5, 5.41) is 0. The van der Waals surface area contributed by atoms with E-state index < -0.39 is 9.84 Å². The first kappa shape index (κ1) is 12.8. The van der Waals surface area contributed by atoms with E-state index in [1.807, 2.05) is 45.0 Å². The smallest absolute Gasteiger partial charge is 0.206 e. The summed E-state index contributed by atoms with van der Waals surface area (Å²) in [4.78, 5) is 0.733. The summed E-state index contributed by atoms with van der Waals surface area (Å²) in [7, 11) is -3.40. The maximum absolute atomic E-state index is 12.5. The summed E-state index contributed by atoms with van der Waals surface area (Å²) < 4.78 is 25.0. The molecule has 18 heavy (non-hydrogen) atoms. The van der Waals surface area contributed by atoms with E-state index in [1.165, 1.54) is 0 Å². The highest BCUT2D eigenvalue weighted by molar-refractivity contribution is 7.91. The SMILES string of the molecule is Cc1ccc(S(=O)(=O)c2ccc(C)cc2C)cc1. The van der Waals surface area contributed by atoms with E-state index in [0.717, 1.165) is 16.7 Å². The van der Waals surface area contributed by atoms with Gasteiger partial charge in [0.05, 0.1) is 9.79 Å². The third kappa shape index (κ3) is 2.31. The van der Waals surface area contributed by atoms with Crippen LogP contribution in [0.25, 0.3) is 0 Å². The molecule has 0 amide bonds. The normalized spacial score (nSPS) is 11.5. The second-order valence-electron chi connectivity index (χ2n) is 4.59. The zero-order valence-electron chi connectivity index (χ0n) is 10.8. The average Bonchev–Trinajstić information content (AvgIpc) is 2.29. The molecule has 2 aromatic carbocycles. The van der Waals surface area contributed by atoms with Crippen LogP contribution in [0, 0.1) is 20.8 Å². The molecular weight excluding hydrogens is 244 g/mol. The number of benzene rings is 2. The molecule has 0 aliphatic rings. The molecule has 0 heterocycles. The van der Waals surface area contributed by atoms with Crippen LogP contribution in [0.1, 0.15) is 16.7 Å². The molecule has 0 aromatic heterocycles. The van der Waals surface area contributed by atoms with Crippen molar-refractivity contribution in [1.82, 2.24) is 0 Å². The fourth-order valence-corrected chi connectivity index (χ4v) is 3.42. The molecule has 0 atom stereocenters. The van der Waals surface area contributed by atoms with Gasteiger partial charge in [0, 0.05) is 0 Å². The van der Waals surface area contributed by atoms with Crippen molar-refractivity contribution in [3.63, 3.8) is 0 Å². The molecule has 2 aromatic rings. The van der Waals surface area contributed by atoms with Crippen molar-refractivity contribution in [3.05, 3.63) is 59.2 Å². The lowest BCUT2D eigenvalue weighted by Gasteiger charge is -2.08. The summed E-state index contributed by atoms with van der Waals surface area (Å²) in [6.45, 7) is 5.72. The Bertz CT molecular complexity index is 668. The Labute approximate surface area is 108 Å². The van der Waals surface area contributed by atoms with Crippen LogP contribution in [-0.2, 0) is 9.84 Å². The average molecular weight is 260 g/mol. The molecule has 0 spiro atoms.